The standard InChI is InChI=1S/C39H43N3O13/c1-49-23-10-9-19-28-34(53-32(19)33(23)50-2)27-20(21-16-42-22-8-4-3-7-18(21)22)13-17(14-24(27)55-39(28)11-5-6-12-39)51-38-31(48)29(46)30(47)35(54-38)36(37(40)41)52-26(45)15-25(43)44/h3-4,7-10,13-14,28-31,34-38,46-48H,5-6,11-12,15-16,40-41H2,1-2H3,(H,43,44). The van der Waals surface area contributed by atoms with Gasteiger partial charge in [-0.2, -0.15) is 0 Å². The highest BCUT2D eigenvalue weighted by atomic mass is 16.7. The van der Waals surface area contributed by atoms with Crippen molar-refractivity contribution in [3.05, 3.63) is 75.8 Å². The zero-order valence-corrected chi connectivity index (χ0v) is 30.1. The third-order valence-electron chi connectivity index (χ3n) is 11.2. The lowest BCUT2D eigenvalue weighted by Gasteiger charge is -2.45. The number of nitrogens with zero attached hydrogens (tertiary/aromatic N) is 1. The number of methoxy groups -OCH3 is 2. The summed E-state index contributed by atoms with van der Waals surface area (Å²) in [5, 5.41) is 43.8. The maximum Gasteiger partial charge on any atom is 0.317 e. The van der Waals surface area contributed by atoms with Crippen molar-refractivity contribution in [2.75, 3.05) is 20.8 Å². The summed E-state index contributed by atoms with van der Waals surface area (Å²) >= 11 is 0. The molecule has 0 aromatic heterocycles. The van der Waals surface area contributed by atoms with Gasteiger partial charge >= 0.3 is 11.9 Å². The van der Waals surface area contributed by atoms with E-state index in [1.54, 1.807) is 26.4 Å². The molecule has 16 heteroatoms. The van der Waals surface area contributed by atoms with Gasteiger partial charge in [0, 0.05) is 22.4 Å². The monoisotopic (exact) mass is 761 g/mol. The van der Waals surface area contributed by atoms with E-state index in [0.717, 1.165) is 58.5 Å². The molecule has 1 spiro atoms. The minimum absolute atomic E-state index is 0.176. The van der Waals surface area contributed by atoms with Crippen molar-refractivity contribution in [3.63, 3.8) is 0 Å². The van der Waals surface area contributed by atoms with Crippen LogP contribution in [0.3, 0.4) is 0 Å². The number of para-hydroxylation sites is 1. The van der Waals surface area contributed by atoms with Crippen LogP contribution in [0.2, 0.25) is 0 Å². The highest BCUT2D eigenvalue weighted by Crippen LogP contribution is 2.65. The van der Waals surface area contributed by atoms with Crippen LogP contribution in [0, 0.1) is 0 Å². The molecule has 16 nitrogen and oxygen atoms in total. The number of aliphatic carboxylic acids is 1. The van der Waals surface area contributed by atoms with Crippen LogP contribution >= 0.6 is 0 Å². The maximum absolute atomic E-state index is 12.3. The number of ether oxygens (including phenoxy) is 7. The van der Waals surface area contributed by atoms with Gasteiger partial charge in [-0.1, -0.05) is 24.3 Å². The predicted octanol–water partition coefficient (Wildman–Crippen LogP) is 0.275. The molecule has 8 atom stereocenters. The van der Waals surface area contributed by atoms with Crippen LogP contribution in [-0.2, 0) is 19.1 Å². The van der Waals surface area contributed by atoms with Gasteiger partial charge in [0.05, 0.1) is 38.2 Å². The van der Waals surface area contributed by atoms with Gasteiger partial charge in [0.1, 0.15) is 54.0 Å². The molecule has 4 heterocycles. The van der Waals surface area contributed by atoms with Gasteiger partial charge in [0.2, 0.25) is 12.0 Å². The largest absolute Gasteiger partial charge is 0.493 e. The third-order valence-corrected chi connectivity index (χ3v) is 11.2. The quantitative estimate of drug-likeness (QED) is 0.0923. The lowest BCUT2D eigenvalue weighted by atomic mass is 9.72. The van der Waals surface area contributed by atoms with Crippen LogP contribution in [0.15, 0.2) is 53.5 Å². The fourth-order valence-corrected chi connectivity index (χ4v) is 8.79. The van der Waals surface area contributed by atoms with Crippen molar-refractivity contribution >= 4 is 17.5 Å². The minimum atomic E-state index is -1.87. The van der Waals surface area contributed by atoms with Crippen LogP contribution < -0.4 is 45.7 Å². The fraction of sp³-hybridized carbons (Fsp3) is 0.462. The van der Waals surface area contributed by atoms with Crippen LogP contribution in [0.5, 0.6) is 28.7 Å². The Morgan fingerprint density at radius 1 is 1.00 bits per heavy atom. The van der Waals surface area contributed by atoms with Gasteiger partial charge in [-0.3, -0.25) is 14.6 Å². The van der Waals surface area contributed by atoms with E-state index < -0.39 is 73.0 Å². The van der Waals surface area contributed by atoms with Crippen LogP contribution in [0.1, 0.15) is 60.8 Å². The molecular formula is C39H43N3O13. The smallest absolute Gasteiger partial charge is 0.317 e. The van der Waals surface area contributed by atoms with Gasteiger partial charge in [-0.15, -0.1) is 0 Å². The molecule has 3 aromatic rings. The summed E-state index contributed by atoms with van der Waals surface area (Å²) in [6, 6.07) is 15.1. The van der Waals surface area contributed by atoms with Crippen molar-refractivity contribution in [1.82, 2.24) is 0 Å². The Bertz CT molecular complexity index is 2140. The van der Waals surface area contributed by atoms with E-state index in [1.165, 1.54) is 0 Å². The van der Waals surface area contributed by atoms with E-state index in [9.17, 15) is 24.9 Å². The molecule has 8 unspecified atom stereocenters. The van der Waals surface area contributed by atoms with Crippen molar-refractivity contribution in [3.8, 4) is 28.7 Å². The molecular weight excluding hydrogens is 718 g/mol. The molecule has 55 heavy (non-hydrogen) atoms. The number of esters is 1. The molecule has 3 aromatic carbocycles. The van der Waals surface area contributed by atoms with Gasteiger partial charge < -0.3 is 65.1 Å². The Hall–Kier alpha value is -4.97. The van der Waals surface area contributed by atoms with Crippen molar-refractivity contribution in [2.45, 2.75) is 92.7 Å². The second kappa shape index (κ2) is 14.3. The zero-order chi connectivity index (χ0) is 38.8. The van der Waals surface area contributed by atoms with E-state index in [4.69, 9.17) is 54.7 Å². The summed E-state index contributed by atoms with van der Waals surface area (Å²) < 4.78 is 43.0. The zero-order valence-electron chi connectivity index (χ0n) is 30.1. The highest BCUT2D eigenvalue weighted by molar-refractivity contribution is 5.90. The molecule has 1 saturated carbocycles. The molecule has 2 fully saturated rings. The summed E-state index contributed by atoms with van der Waals surface area (Å²) in [5.74, 6) is -0.589. The Kier molecular flexibility index (Phi) is 9.59. The summed E-state index contributed by atoms with van der Waals surface area (Å²) in [5.41, 5.74) is 14.4. The lowest BCUT2D eigenvalue weighted by molar-refractivity contribution is -0.291. The first-order valence-corrected chi connectivity index (χ1v) is 18.1. The number of hydrogen-bond donors (Lipinski definition) is 6. The molecule has 1 saturated heterocycles. The van der Waals surface area contributed by atoms with Crippen molar-refractivity contribution in [1.29, 1.82) is 0 Å². The summed E-state index contributed by atoms with van der Waals surface area (Å²) in [6.45, 7) is 0.342. The summed E-state index contributed by atoms with van der Waals surface area (Å²) in [7, 11) is 3.15. The first-order chi connectivity index (χ1) is 26.4. The van der Waals surface area contributed by atoms with Crippen molar-refractivity contribution < 1.29 is 63.2 Å². The number of aliphatic hydroxyl groups is 3. The molecule has 1 aliphatic carbocycles. The van der Waals surface area contributed by atoms with Crippen LogP contribution in [0.4, 0.5) is 0 Å². The molecule has 8 N–H and O–H groups in total. The van der Waals surface area contributed by atoms with Gasteiger partial charge in [0.15, 0.2) is 17.6 Å². The van der Waals surface area contributed by atoms with Gasteiger partial charge in [-0.05, 0) is 55.0 Å². The van der Waals surface area contributed by atoms with E-state index in [0.29, 0.717) is 29.5 Å². The number of carbonyl (C=O) groups excluding carboxylic acids is 1. The number of carboxylic acids is 1. The lowest BCUT2D eigenvalue weighted by Crippen LogP contribution is -2.66. The molecule has 5 aliphatic rings. The minimum Gasteiger partial charge on any atom is -0.493 e. The van der Waals surface area contributed by atoms with Crippen LogP contribution in [-0.4, -0.2) is 102 Å². The van der Waals surface area contributed by atoms with E-state index >= 15 is 0 Å². The number of carboxylic acid groups (broad SMARTS) is 1. The number of rotatable bonds is 10. The average Bonchev–Trinajstić information content (AvgIpc) is 3.91. The van der Waals surface area contributed by atoms with Gasteiger partial charge in [0.25, 0.3) is 0 Å². The third kappa shape index (κ3) is 6.22. The maximum atomic E-state index is 12.3. The average molecular weight is 762 g/mol. The topological polar surface area (TPSA) is 244 Å². The Balaban J connectivity index is 1.23. The fourth-order valence-electron chi connectivity index (χ4n) is 8.79. The molecule has 8 rings (SSSR count). The number of hydrogen-bond acceptors (Lipinski definition) is 15. The Labute approximate surface area is 314 Å². The number of aliphatic hydroxyl groups excluding tert-OH is 3. The Morgan fingerprint density at radius 2 is 1.76 bits per heavy atom. The highest BCUT2D eigenvalue weighted by Gasteiger charge is 2.58. The second-order valence-electron chi connectivity index (χ2n) is 14.5. The normalized spacial score (nSPS) is 27.5. The number of fused-ring (bicyclic) bond motifs is 7. The second-order valence-corrected chi connectivity index (χ2v) is 14.5. The number of carbonyl (C=O) groups is 2. The number of nitrogens with two attached hydrogens (primary N) is 2. The van der Waals surface area contributed by atoms with Crippen molar-refractivity contribution in [2.24, 2.45) is 16.5 Å². The molecule has 292 valence electrons. The molecule has 0 bridgehead atoms. The molecule has 0 radical (unpaired) electrons. The first-order valence-electron chi connectivity index (χ1n) is 18.1. The van der Waals surface area contributed by atoms with E-state index in [-0.39, 0.29) is 11.7 Å². The van der Waals surface area contributed by atoms with E-state index in [2.05, 4.69) is 0 Å². The molecule has 4 aliphatic heterocycles. The Morgan fingerprint density at radius 3 is 2.47 bits per heavy atom. The molecule has 0 amide bonds. The van der Waals surface area contributed by atoms with E-state index in [1.807, 2.05) is 36.4 Å². The SMILES string of the molecule is COc1ccc2c(c1OC)OC1c3c(cc(OC4OC(C(OC(=O)CC(=O)O)C(N)N)C(O)C(O)C4O)cc3C3=c4ccccc4=NC3)OC3(CCCC3)C21. The predicted molar refractivity (Wildman–Crippen MR) is 190 cm³/mol. The number of benzene rings is 3. The summed E-state index contributed by atoms with van der Waals surface area (Å²) in [4.78, 5) is 28.2. The summed E-state index contributed by atoms with van der Waals surface area (Å²) in [6.07, 6.45) is -10.0. The van der Waals surface area contributed by atoms with Gasteiger partial charge in [-0.25, -0.2) is 0 Å². The first kappa shape index (κ1) is 37.0. The van der Waals surface area contributed by atoms with Crippen LogP contribution in [0.25, 0.3) is 5.57 Å².